The molecule has 0 aliphatic rings. The molecule has 0 fully saturated rings. The van der Waals surface area contributed by atoms with E-state index in [4.69, 9.17) is 20.8 Å². The summed E-state index contributed by atoms with van der Waals surface area (Å²) in [7, 11) is 0. The number of fused-ring (bicyclic) bond motifs is 1. The number of hydrogen-bond donors (Lipinski definition) is 0. The number of furan rings is 1. The smallest absolute Gasteiger partial charge is 0.342 e. The molecule has 3 nitrogen and oxygen atoms in total. The number of carbonyl (C=O) groups excluding carboxylic acids is 1. The highest BCUT2D eigenvalue weighted by molar-refractivity contribution is 6.31. The third kappa shape index (κ3) is 1.76. The molecule has 84 valence electrons. The van der Waals surface area contributed by atoms with Crippen molar-refractivity contribution in [1.82, 2.24) is 0 Å². The second-order valence-corrected chi connectivity index (χ2v) is 3.54. The lowest BCUT2D eigenvalue weighted by molar-refractivity contribution is 0.0527. The highest BCUT2D eigenvalue weighted by Gasteiger charge is 2.16. The predicted octanol–water partition coefficient (Wildman–Crippen LogP) is 3.40. The van der Waals surface area contributed by atoms with Gasteiger partial charge in [0.15, 0.2) is 0 Å². The number of esters is 1. The third-order valence-corrected chi connectivity index (χ3v) is 2.40. The number of hydrogen-bond acceptors (Lipinski definition) is 3. The Hall–Kier alpha value is -1.55. The maximum atomic E-state index is 13.2. The van der Waals surface area contributed by atoms with E-state index in [0.29, 0.717) is 11.0 Å². The summed E-state index contributed by atoms with van der Waals surface area (Å²) in [5, 5.41) is 0.317. The fourth-order valence-corrected chi connectivity index (χ4v) is 1.54. The number of benzene rings is 1. The Morgan fingerprint density at radius 1 is 1.56 bits per heavy atom. The van der Waals surface area contributed by atoms with Crippen LogP contribution >= 0.6 is 11.6 Å². The molecule has 0 saturated carbocycles. The second-order valence-electron chi connectivity index (χ2n) is 3.13. The van der Waals surface area contributed by atoms with Crippen molar-refractivity contribution in [2.45, 2.75) is 6.92 Å². The van der Waals surface area contributed by atoms with Gasteiger partial charge in [-0.25, -0.2) is 9.18 Å². The minimum Gasteiger partial charge on any atom is -0.463 e. The fraction of sp³-hybridized carbons (Fsp3) is 0.182. The summed E-state index contributed by atoms with van der Waals surface area (Å²) in [6, 6.07) is 2.49. The average molecular weight is 243 g/mol. The first kappa shape index (κ1) is 11.0. The molecule has 0 spiro atoms. The molecule has 0 aliphatic carbocycles. The van der Waals surface area contributed by atoms with Gasteiger partial charge in [-0.3, -0.25) is 0 Å². The predicted molar refractivity (Wildman–Crippen MR) is 57.1 cm³/mol. The minimum atomic E-state index is -0.596. The summed E-state index contributed by atoms with van der Waals surface area (Å²) < 4.78 is 23.1. The molecule has 0 atom stereocenters. The molecule has 1 aromatic heterocycles. The van der Waals surface area contributed by atoms with Crippen LogP contribution in [0.2, 0.25) is 5.02 Å². The van der Waals surface area contributed by atoms with Crippen LogP contribution < -0.4 is 0 Å². The fourth-order valence-electron chi connectivity index (χ4n) is 1.39. The van der Waals surface area contributed by atoms with Gasteiger partial charge < -0.3 is 9.15 Å². The van der Waals surface area contributed by atoms with Gasteiger partial charge in [0.2, 0.25) is 0 Å². The van der Waals surface area contributed by atoms with Crippen molar-refractivity contribution in [2.75, 3.05) is 6.61 Å². The number of carbonyl (C=O) groups is 1. The number of ether oxygens (including phenoxy) is 1. The number of rotatable bonds is 2. The SMILES string of the molecule is CCOC(=O)c1coc2cc(Cl)c(F)cc12. The molecule has 16 heavy (non-hydrogen) atoms. The van der Waals surface area contributed by atoms with Crippen LogP contribution in [0.15, 0.2) is 22.8 Å². The zero-order valence-corrected chi connectivity index (χ0v) is 9.18. The van der Waals surface area contributed by atoms with Gasteiger partial charge in [0.05, 0.1) is 11.6 Å². The van der Waals surface area contributed by atoms with E-state index in [1.165, 1.54) is 12.3 Å². The van der Waals surface area contributed by atoms with E-state index in [1.807, 2.05) is 0 Å². The molecule has 5 heteroatoms. The quantitative estimate of drug-likeness (QED) is 0.758. The second kappa shape index (κ2) is 4.14. The van der Waals surface area contributed by atoms with Crippen LogP contribution in [0.3, 0.4) is 0 Å². The largest absolute Gasteiger partial charge is 0.463 e. The van der Waals surface area contributed by atoms with Gasteiger partial charge >= 0.3 is 5.97 Å². The zero-order valence-electron chi connectivity index (χ0n) is 8.42. The van der Waals surface area contributed by atoms with Crippen molar-refractivity contribution in [3.05, 3.63) is 34.8 Å². The Bertz CT molecular complexity index is 547. The van der Waals surface area contributed by atoms with Crippen LogP contribution in [0.5, 0.6) is 0 Å². The molecule has 0 unspecified atom stereocenters. The molecule has 1 aromatic carbocycles. The minimum absolute atomic E-state index is 0.0442. The Balaban J connectivity index is 2.56. The molecule has 0 saturated heterocycles. The van der Waals surface area contributed by atoms with Crippen LogP contribution in [0.1, 0.15) is 17.3 Å². The number of halogens is 2. The molecule has 2 rings (SSSR count). The van der Waals surface area contributed by atoms with E-state index in [-0.39, 0.29) is 17.2 Å². The molecule has 0 amide bonds. The normalized spacial score (nSPS) is 10.7. The van der Waals surface area contributed by atoms with Gasteiger partial charge in [-0.05, 0) is 13.0 Å². The third-order valence-electron chi connectivity index (χ3n) is 2.11. The average Bonchev–Trinajstić information content (AvgIpc) is 2.62. The highest BCUT2D eigenvalue weighted by atomic mass is 35.5. The van der Waals surface area contributed by atoms with Crippen molar-refractivity contribution < 1.29 is 18.3 Å². The molecule has 2 aromatic rings. The monoisotopic (exact) mass is 242 g/mol. The molecule has 1 heterocycles. The van der Waals surface area contributed by atoms with Crippen LogP contribution in [0.4, 0.5) is 4.39 Å². The molecule has 0 radical (unpaired) electrons. The van der Waals surface area contributed by atoms with Crippen molar-refractivity contribution in [2.24, 2.45) is 0 Å². The lowest BCUT2D eigenvalue weighted by Crippen LogP contribution is -2.03. The van der Waals surface area contributed by atoms with Gasteiger partial charge in [0.1, 0.15) is 23.2 Å². The maximum Gasteiger partial charge on any atom is 0.342 e. The Kier molecular flexibility index (Phi) is 2.83. The van der Waals surface area contributed by atoms with Crippen molar-refractivity contribution in [1.29, 1.82) is 0 Å². The highest BCUT2D eigenvalue weighted by Crippen LogP contribution is 2.27. The first-order valence-electron chi connectivity index (χ1n) is 4.67. The summed E-state index contributed by atoms with van der Waals surface area (Å²) in [5.41, 5.74) is 0.557. The molecular formula is C11H8ClFO3. The summed E-state index contributed by atoms with van der Waals surface area (Å²) in [6.45, 7) is 1.94. The van der Waals surface area contributed by atoms with Gasteiger partial charge in [0, 0.05) is 11.5 Å². The summed E-state index contributed by atoms with van der Waals surface area (Å²) in [4.78, 5) is 11.5. The summed E-state index contributed by atoms with van der Waals surface area (Å²) >= 11 is 5.59. The first-order valence-corrected chi connectivity index (χ1v) is 5.04. The van der Waals surface area contributed by atoms with Crippen molar-refractivity contribution >= 4 is 28.5 Å². The standard InChI is InChI=1S/C11H8ClFO3/c1-2-15-11(14)7-5-16-10-4-8(12)9(13)3-6(7)10/h3-5H,2H2,1H3. The zero-order chi connectivity index (χ0) is 11.7. The summed E-state index contributed by atoms with van der Waals surface area (Å²) in [6.07, 6.45) is 1.23. The molecule has 0 N–H and O–H groups in total. The van der Waals surface area contributed by atoms with Crippen LogP contribution in [0.25, 0.3) is 11.0 Å². The van der Waals surface area contributed by atoms with E-state index in [1.54, 1.807) is 6.92 Å². The van der Waals surface area contributed by atoms with E-state index >= 15 is 0 Å². The van der Waals surface area contributed by atoms with E-state index in [9.17, 15) is 9.18 Å². The van der Waals surface area contributed by atoms with E-state index in [2.05, 4.69) is 0 Å². The van der Waals surface area contributed by atoms with Crippen LogP contribution in [0, 0.1) is 5.82 Å². The molecule has 0 aliphatic heterocycles. The lowest BCUT2D eigenvalue weighted by atomic mass is 10.2. The van der Waals surface area contributed by atoms with Crippen LogP contribution in [-0.2, 0) is 4.74 Å². The van der Waals surface area contributed by atoms with Gasteiger partial charge in [0.25, 0.3) is 0 Å². The first-order chi connectivity index (χ1) is 7.63. The Labute approximate surface area is 95.7 Å². The van der Waals surface area contributed by atoms with Gasteiger partial charge in [-0.1, -0.05) is 11.6 Å². The van der Waals surface area contributed by atoms with E-state index < -0.39 is 11.8 Å². The van der Waals surface area contributed by atoms with Gasteiger partial charge in [-0.2, -0.15) is 0 Å². The Morgan fingerprint density at radius 3 is 3.00 bits per heavy atom. The summed E-state index contributed by atoms with van der Waals surface area (Å²) in [5.74, 6) is -1.14. The van der Waals surface area contributed by atoms with E-state index in [0.717, 1.165) is 6.07 Å². The molecule has 0 bridgehead atoms. The molecular weight excluding hydrogens is 235 g/mol. The Morgan fingerprint density at radius 2 is 2.31 bits per heavy atom. The maximum absolute atomic E-state index is 13.2. The van der Waals surface area contributed by atoms with Crippen molar-refractivity contribution in [3.8, 4) is 0 Å². The van der Waals surface area contributed by atoms with Gasteiger partial charge in [-0.15, -0.1) is 0 Å². The van der Waals surface area contributed by atoms with Crippen molar-refractivity contribution in [3.63, 3.8) is 0 Å². The topological polar surface area (TPSA) is 39.4 Å². The lowest BCUT2D eigenvalue weighted by Gasteiger charge is -1.99. The van der Waals surface area contributed by atoms with Crippen LogP contribution in [-0.4, -0.2) is 12.6 Å².